The molecule has 0 bridgehead atoms. The molecular formula is C12H23NO3. The average Bonchev–Trinajstić information content (AvgIpc) is 2.14. The van der Waals surface area contributed by atoms with E-state index in [1.54, 1.807) is 0 Å². The molecule has 0 fully saturated rings. The second-order valence-corrected chi connectivity index (χ2v) is 4.13. The van der Waals surface area contributed by atoms with Gasteiger partial charge in [-0.2, -0.15) is 0 Å². The first-order valence-corrected chi connectivity index (χ1v) is 5.74. The van der Waals surface area contributed by atoms with E-state index in [1.807, 2.05) is 20.8 Å². The van der Waals surface area contributed by atoms with Gasteiger partial charge in [-0.3, -0.25) is 0 Å². The maximum Gasteiger partial charge on any atom is 0.328 e. The van der Waals surface area contributed by atoms with Gasteiger partial charge in [-0.1, -0.05) is 5.57 Å². The largest absolute Gasteiger partial charge is 0.478 e. The van der Waals surface area contributed by atoms with Crippen LogP contribution in [0.1, 0.15) is 33.6 Å². The minimum Gasteiger partial charge on any atom is -0.478 e. The molecule has 0 aliphatic heterocycles. The van der Waals surface area contributed by atoms with Crippen LogP contribution in [0.4, 0.5) is 0 Å². The maximum absolute atomic E-state index is 10.3. The highest BCUT2D eigenvalue weighted by Crippen LogP contribution is 1.94. The summed E-state index contributed by atoms with van der Waals surface area (Å²) in [6.45, 7) is 8.19. The lowest BCUT2D eigenvalue weighted by atomic mass is 10.2. The molecule has 2 N–H and O–H groups in total. The van der Waals surface area contributed by atoms with Crippen LogP contribution in [-0.4, -0.2) is 36.9 Å². The fourth-order valence-corrected chi connectivity index (χ4v) is 1.22. The molecule has 0 aromatic carbocycles. The Kier molecular flexibility index (Phi) is 8.85. The van der Waals surface area contributed by atoms with Crippen LogP contribution < -0.4 is 5.32 Å². The lowest BCUT2D eigenvalue weighted by Gasteiger charge is -2.07. The van der Waals surface area contributed by atoms with Crippen molar-refractivity contribution in [2.75, 3.05) is 19.7 Å². The second-order valence-electron chi connectivity index (χ2n) is 4.13. The molecule has 0 spiro atoms. The molecule has 0 saturated heterocycles. The Morgan fingerprint density at radius 1 is 1.44 bits per heavy atom. The van der Waals surface area contributed by atoms with Crippen LogP contribution in [0.5, 0.6) is 0 Å². The number of carboxylic acids is 1. The molecule has 0 heterocycles. The monoisotopic (exact) mass is 229 g/mol. The summed E-state index contributed by atoms with van der Waals surface area (Å²) in [4.78, 5) is 10.3. The second kappa shape index (κ2) is 9.36. The highest BCUT2D eigenvalue weighted by Gasteiger charge is 1.95. The smallest absolute Gasteiger partial charge is 0.328 e. The number of rotatable bonds is 9. The Labute approximate surface area is 97.7 Å². The lowest BCUT2D eigenvalue weighted by Crippen LogP contribution is -2.18. The predicted octanol–water partition coefficient (Wildman–Crippen LogP) is 1.81. The predicted molar refractivity (Wildman–Crippen MR) is 64.6 cm³/mol. The number of hydrogen-bond acceptors (Lipinski definition) is 3. The van der Waals surface area contributed by atoms with E-state index in [0.717, 1.165) is 31.6 Å². The third-order valence-corrected chi connectivity index (χ3v) is 1.97. The summed E-state index contributed by atoms with van der Waals surface area (Å²) in [7, 11) is 0. The fourth-order valence-electron chi connectivity index (χ4n) is 1.22. The number of nitrogens with one attached hydrogen (secondary N) is 1. The summed E-state index contributed by atoms with van der Waals surface area (Å²) < 4.78 is 5.41. The number of carboxylic acid groups (broad SMARTS) is 1. The first kappa shape index (κ1) is 15.1. The van der Waals surface area contributed by atoms with Crippen LogP contribution in [0.15, 0.2) is 11.6 Å². The number of ether oxygens (including phenoxy) is 1. The van der Waals surface area contributed by atoms with Gasteiger partial charge in [0.25, 0.3) is 0 Å². The van der Waals surface area contributed by atoms with Crippen molar-refractivity contribution in [3.8, 4) is 0 Å². The third kappa shape index (κ3) is 11.2. The number of hydrogen-bond donors (Lipinski definition) is 2. The Morgan fingerprint density at radius 2 is 2.12 bits per heavy atom. The Morgan fingerprint density at radius 3 is 2.69 bits per heavy atom. The normalized spacial score (nSPS) is 12.1. The SMILES string of the molecule is CC(=CC(=O)O)CNCCCCOC(C)C. The molecular weight excluding hydrogens is 206 g/mol. The zero-order valence-corrected chi connectivity index (χ0v) is 10.5. The van der Waals surface area contributed by atoms with Crippen LogP contribution >= 0.6 is 0 Å². The maximum atomic E-state index is 10.3. The molecule has 94 valence electrons. The lowest BCUT2D eigenvalue weighted by molar-refractivity contribution is -0.131. The molecule has 0 atom stereocenters. The van der Waals surface area contributed by atoms with E-state index in [2.05, 4.69) is 5.32 Å². The van der Waals surface area contributed by atoms with Gasteiger partial charge < -0.3 is 15.2 Å². The van der Waals surface area contributed by atoms with Crippen LogP contribution in [0.2, 0.25) is 0 Å². The van der Waals surface area contributed by atoms with Gasteiger partial charge in [0, 0.05) is 19.2 Å². The van der Waals surface area contributed by atoms with Crippen molar-refractivity contribution < 1.29 is 14.6 Å². The molecule has 0 aromatic heterocycles. The van der Waals surface area contributed by atoms with Crippen molar-refractivity contribution in [3.05, 3.63) is 11.6 Å². The van der Waals surface area contributed by atoms with E-state index in [0.29, 0.717) is 12.6 Å². The molecule has 16 heavy (non-hydrogen) atoms. The van der Waals surface area contributed by atoms with Gasteiger partial charge in [-0.15, -0.1) is 0 Å². The van der Waals surface area contributed by atoms with Gasteiger partial charge in [0.1, 0.15) is 0 Å². The van der Waals surface area contributed by atoms with E-state index in [4.69, 9.17) is 9.84 Å². The molecule has 0 rings (SSSR count). The van der Waals surface area contributed by atoms with Crippen LogP contribution in [0.3, 0.4) is 0 Å². The van der Waals surface area contributed by atoms with E-state index < -0.39 is 5.97 Å². The first-order valence-electron chi connectivity index (χ1n) is 5.74. The van der Waals surface area contributed by atoms with Gasteiger partial charge in [0.05, 0.1) is 6.10 Å². The minimum atomic E-state index is -0.885. The summed E-state index contributed by atoms with van der Waals surface area (Å²) in [5.41, 5.74) is 0.839. The summed E-state index contributed by atoms with van der Waals surface area (Å²) in [5, 5.41) is 11.7. The van der Waals surface area contributed by atoms with Crippen molar-refractivity contribution >= 4 is 5.97 Å². The Bertz CT molecular complexity index is 224. The number of aliphatic carboxylic acids is 1. The molecule has 0 saturated carbocycles. The number of carbonyl (C=O) groups is 1. The summed E-state index contributed by atoms with van der Waals surface area (Å²) in [6.07, 6.45) is 3.61. The molecule has 4 heteroatoms. The van der Waals surface area contributed by atoms with Gasteiger partial charge in [0.15, 0.2) is 0 Å². The third-order valence-electron chi connectivity index (χ3n) is 1.97. The van der Waals surface area contributed by atoms with E-state index >= 15 is 0 Å². The molecule has 0 radical (unpaired) electrons. The molecule has 0 aromatic rings. The summed E-state index contributed by atoms with van der Waals surface area (Å²) >= 11 is 0. The fraction of sp³-hybridized carbons (Fsp3) is 0.750. The zero-order chi connectivity index (χ0) is 12.4. The van der Waals surface area contributed by atoms with E-state index in [9.17, 15) is 4.79 Å². The van der Waals surface area contributed by atoms with Gasteiger partial charge in [0.2, 0.25) is 0 Å². The Hall–Kier alpha value is -0.870. The highest BCUT2D eigenvalue weighted by molar-refractivity contribution is 5.80. The minimum absolute atomic E-state index is 0.300. The molecule has 0 aliphatic carbocycles. The van der Waals surface area contributed by atoms with E-state index in [1.165, 1.54) is 6.08 Å². The van der Waals surface area contributed by atoms with Crippen LogP contribution in [0, 0.1) is 0 Å². The van der Waals surface area contributed by atoms with Crippen molar-refractivity contribution in [3.63, 3.8) is 0 Å². The first-order chi connectivity index (χ1) is 7.52. The standard InChI is InChI=1S/C12H23NO3/c1-10(2)16-7-5-4-6-13-9-11(3)8-12(14)15/h8,10,13H,4-7,9H2,1-3H3,(H,14,15). The van der Waals surface area contributed by atoms with Gasteiger partial charge in [-0.05, 0) is 40.2 Å². The highest BCUT2D eigenvalue weighted by atomic mass is 16.5. The Balaban J connectivity index is 3.30. The molecule has 0 unspecified atom stereocenters. The zero-order valence-electron chi connectivity index (χ0n) is 10.5. The van der Waals surface area contributed by atoms with Crippen molar-refractivity contribution in [2.24, 2.45) is 0 Å². The van der Waals surface area contributed by atoms with E-state index in [-0.39, 0.29) is 0 Å². The van der Waals surface area contributed by atoms with Crippen molar-refractivity contribution in [2.45, 2.75) is 39.7 Å². The topological polar surface area (TPSA) is 58.6 Å². The summed E-state index contributed by atoms with van der Waals surface area (Å²) in [5.74, 6) is -0.885. The van der Waals surface area contributed by atoms with Crippen LogP contribution in [0.25, 0.3) is 0 Å². The van der Waals surface area contributed by atoms with Gasteiger partial charge >= 0.3 is 5.97 Å². The molecule has 0 amide bonds. The average molecular weight is 229 g/mol. The van der Waals surface area contributed by atoms with Crippen LogP contribution in [-0.2, 0) is 9.53 Å². The number of unbranched alkanes of at least 4 members (excludes halogenated alkanes) is 1. The summed E-state index contributed by atoms with van der Waals surface area (Å²) in [6, 6.07) is 0. The van der Waals surface area contributed by atoms with Gasteiger partial charge in [-0.25, -0.2) is 4.79 Å². The molecule has 0 aliphatic rings. The molecule has 4 nitrogen and oxygen atoms in total. The van der Waals surface area contributed by atoms with Crippen molar-refractivity contribution in [1.82, 2.24) is 5.32 Å². The quantitative estimate of drug-likeness (QED) is 0.467. The van der Waals surface area contributed by atoms with Crippen molar-refractivity contribution in [1.29, 1.82) is 0 Å².